The predicted octanol–water partition coefficient (Wildman–Crippen LogP) is 2.66. The number of benzene rings is 2. The van der Waals surface area contributed by atoms with E-state index in [-0.39, 0.29) is 5.75 Å². The number of anilines is 2. The quantitative estimate of drug-likeness (QED) is 0.851. The van der Waals surface area contributed by atoms with Gasteiger partial charge in [0.25, 0.3) is 0 Å². The normalized spacial score (nSPS) is 11.3. The second-order valence-corrected chi connectivity index (χ2v) is 6.23. The second kappa shape index (κ2) is 5.50. The standard InChI is InChI=1S/C14H15FN2O2S/c1-10-13(16)3-2-4-14(10)17-20(18,19)9-11-5-7-12(15)8-6-11/h2-8,17H,9,16H2,1H3. The van der Waals surface area contributed by atoms with E-state index in [0.29, 0.717) is 22.5 Å². The Hall–Kier alpha value is -2.08. The molecule has 0 saturated heterocycles. The first-order valence-corrected chi connectivity index (χ1v) is 7.62. The minimum Gasteiger partial charge on any atom is -0.398 e. The molecule has 2 aromatic carbocycles. The lowest BCUT2D eigenvalue weighted by molar-refractivity contribution is 0.600. The number of hydrogen-bond donors (Lipinski definition) is 2. The van der Waals surface area contributed by atoms with Crippen LogP contribution < -0.4 is 10.5 Å². The molecule has 0 radical (unpaired) electrons. The van der Waals surface area contributed by atoms with Crippen LogP contribution in [0.1, 0.15) is 11.1 Å². The van der Waals surface area contributed by atoms with Gasteiger partial charge in [-0.05, 0) is 42.3 Å². The molecule has 0 unspecified atom stereocenters. The van der Waals surface area contributed by atoms with Crippen molar-refractivity contribution in [2.45, 2.75) is 12.7 Å². The molecule has 0 aliphatic carbocycles. The number of hydrogen-bond acceptors (Lipinski definition) is 3. The molecule has 106 valence electrons. The van der Waals surface area contributed by atoms with Crippen LogP contribution in [-0.4, -0.2) is 8.42 Å². The van der Waals surface area contributed by atoms with E-state index < -0.39 is 15.8 Å². The smallest absolute Gasteiger partial charge is 0.236 e. The van der Waals surface area contributed by atoms with Crippen LogP contribution in [0.3, 0.4) is 0 Å². The molecule has 0 aromatic heterocycles. The van der Waals surface area contributed by atoms with E-state index in [1.54, 1.807) is 25.1 Å². The van der Waals surface area contributed by atoms with Gasteiger partial charge < -0.3 is 5.73 Å². The van der Waals surface area contributed by atoms with Crippen molar-refractivity contribution < 1.29 is 12.8 Å². The van der Waals surface area contributed by atoms with Gasteiger partial charge >= 0.3 is 0 Å². The summed E-state index contributed by atoms with van der Waals surface area (Å²) in [5, 5.41) is 0. The summed E-state index contributed by atoms with van der Waals surface area (Å²) in [4.78, 5) is 0. The maximum atomic E-state index is 12.8. The van der Waals surface area contributed by atoms with E-state index in [2.05, 4.69) is 4.72 Å². The molecule has 0 heterocycles. The molecule has 4 nitrogen and oxygen atoms in total. The van der Waals surface area contributed by atoms with Gasteiger partial charge in [0.05, 0.1) is 11.4 Å². The molecule has 0 fully saturated rings. The molecule has 2 rings (SSSR count). The summed E-state index contributed by atoms with van der Waals surface area (Å²) in [5.74, 6) is -0.618. The van der Waals surface area contributed by atoms with Crippen molar-refractivity contribution in [1.29, 1.82) is 0 Å². The maximum Gasteiger partial charge on any atom is 0.236 e. The third kappa shape index (κ3) is 3.48. The summed E-state index contributed by atoms with van der Waals surface area (Å²) in [5.41, 5.74) is 7.89. The van der Waals surface area contributed by atoms with Crippen LogP contribution in [-0.2, 0) is 15.8 Å². The van der Waals surface area contributed by atoms with E-state index in [9.17, 15) is 12.8 Å². The highest BCUT2D eigenvalue weighted by molar-refractivity contribution is 7.91. The molecule has 0 aliphatic rings. The van der Waals surface area contributed by atoms with E-state index in [4.69, 9.17) is 5.73 Å². The molecule has 6 heteroatoms. The minimum atomic E-state index is -3.57. The highest BCUT2D eigenvalue weighted by Gasteiger charge is 2.13. The molecule has 0 spiro atoms. The van der Waals surface area contributed by atoms with Crippen LogP contribution in [0, 0.1) is 12.7 Å². The Morgan fingerprint density at radius 2 is 1.80 bits per heavy atom. The van der Waals surface area contributed by atoms with Crippen molar-refractivity contribution in [3.63, 3.8) is 0 Å². The van der Waals surface area contributed by atoms with Crippen LogP contribution >= 0.6 is 0 Å². The zero-order chi connectivity index (χ0) is 14.8. The Morgan fingerprint density at radius 1 is 1.15 bits per heavy atom. The zero-order valence-corrected chi connectivity index (χ0v) is 11.7. The fourth-order valence-electron chi connectivity index (χ4n) is 1.77. The Bertz CT molecular complexity index is 712. The van der Waals surface area contributed by atoms with E-state index >= 15 is 0 Å². The topological polar surface area (TPSA) is 72.2 Å². The van der Waals surface area contributed by atoms with Gasteiger partial charge in [-0.25, -0.2) is 12.8 Å². The van der Waals surface area contributed by atoms with Gasteiger partial charge in [-0.3, -0.25) is 4.72 Å². The summed E-state index contributed by atoms with van der Waals surface area (Å²) in [6.45, 7) is 1.74. The SMILES string of the molecule is Cc1c(N)cccc1NS(=O)(=O)Cc1ccc(F)cc1. The van der Waals surface area contributed by atoms with Crippen molar-refractivity contribution in [1.82, 2.24) is 0 Å². The number of nitrogens with two attached hydrogens (primary N) is 1. The zero-order valence-electron chi connectivity index (χ0n) is 10.9. The number of nitrogens with one attached hydrogen (secondary N) is 1. The van der Waals surface area contributed by atoms with Gasteiger partial charge in [0.15, 0.2) is 0 Å². The van der Waals surface area contributed by atoms with E-state index in [1.165, 1.54) is 24.3 Å². The summed E-state index contributed by atoms with van der Waals surface area (Å²) in [6, 6.07) is 10.4. The van der Waals surface area contributed by atoms with E-state index in [1.807, 2.05) is 0 Å². The van der Waals surface area contributed by atoms with Crippen molar-refractivity contribution in [2.75, 3.05) is 10.5 Å². The third-order valence-corrected chi connectivity index (χ3v) is 4.16. The maximum absolute atomic E-state index is 12.8. The lowest BCUT2D eigenvalue weighted by Crippen LogP contribution is -2.16. The van der Waals surface area contributed by atoms with Crippen LogP contribution in [0.15, 0.2) is 42.5 Å². The first-order valence-electron chi connectivity index (χ1n) is 5.97. The number of nitrogen functional groups attached to an aromatic ring is 1. The Kier molecular flexibility index (Phi) is 3.94. The van der Waals surface area contributed by atoms with Crippen LogP contribution in [0.25, 0.3) is 0 Å². The summed E-state index contributed by atoms with van der Waals surface area (Å²) >= 11 is 0. The van der Waals surface area contributed by atoms with Gasteiger partial charge in [0.1, 0.15) is 5.82 Å². The molecular formula is C14H15FN2O2S. The van der Waals surface area contributed by atoms with Gasteiger partial charge in [0, 0.05) is 5.69 Å². The molecule has 20 heavy (non-hydrogen) atoms. The summed E-state index contributed by atoms with van der Waals surface area (Å²) in [7, 11) is -3.57. The highest BCUT2D eigenvalue weighted by Crippen LogP contribution is 2.22. The monoisotopic (exact) mass is 294 g/mol. The molecule has 0 saturated carbocycles. The number of halogens is 1. The number of sulfonamides is 1. The third-order valence-electron chi connectivity index (χ3n) is 2.91. The molecule has 0 aliphatic heterocycles. The molecule has 3 N–H and O–H groups in total. The fraction of sp³-hybridized carbons (Fsp3) is 0.143. The lowest BCUT2D eigenvalue weighted by Gasteiger charge is -2.12. The average molecular weight is 294 g/mol. The first-order chi connectivity index (χ1) is 9.37. The van der Waals surface area contributed by atoms with Crippen molar-refractivity contribution in [3.8, 4) is 0 Å². The van der Waals surface area contributed by atoms with E-state index in [0.717, 1.165) is 0 Å². The van der Waals surface area contributed by atoms with Gasteiger partial charge in [-0.2, -0.15) is 0 Å². The molecule has 2 aromatic rings. The largest absolute Gasteiger partial charge is 0.398 e. The lowest BCUT2D eigenvalue weighted by atomic mass is 10.2. The first kappa shape index (κ1) is 14.3. The van der Waals surface area contributed by atoms with Crippen molar-refractivity contribution >= 4 is 21.4 Å². The summed E-state index contributed by atoms with van der Waals surface area (Å²) < 4.78 is 39.4. The Labute approximate surface area is 117 Å². The number of rotatable bonds is 4. The molecular weight excluding hydrogens is 279 g/mol. The van der Waals surface area contributed by atoms with Crippen LogP contribution in [0.4, 0.5) is 15.8 Å². The van der Waals surface area contributed by atoms with Gasteiger partial charge in [-0.1, -0.05) is 18.2 Å². The van der Waals surface area contributed by atoms with Crippen LogP contribution in [0.2, 0.25) is 0 Å². The Balaban J connectivity index is 2.19. The van der Waals surface area contributed by atoms with Crippen molar-refractivity contribution in [2.24, 2.45) is 0 Å². The molecule has 0 amide bonds. The summed E-state index contributed by atoms with van der Waals surface area (Å²) in [6.07, 6.45) is 0. The Morgan fingerprint density at radius 3 is 2.45 bits per heavy atom. The fourth-order valence-corrected chi connectivity index (χ4v) is 3.03. The van der Waals surface area contributed by atoms with Crippen molar-refractivity contribution in [3.05, 3.63) is 59.4 Å². The van der Waals surface area contributed by atoms with Gasteiger partial charge in [0.2, 0.25) is 10.0 Å². The minimum absolute atomic E-state index is 0.221. The average Bonchev–Trinajstić information content (AvgIpc) is 2.37. The molecule has 0 atom stereocenters. The predicted molar refractivity (Wildman–Crippen MR) is 78.2 cm³/mol. The highest BCUT2D eigenvalue weighted by atomic mass is 32.2. The van der Waals surface area contributed by atoms with Gasteiger partial charge in [-0.15, -0.1) is 0 Å². The molecule has 0 bridgehead atoms. The second-order valence-electron chi connectivity index (χ2n) is 4.51. The van der Waals surface area contributed by atoms with Crippen LogP contribution in [0.5, 0.6) is 0 Å².